The van der Waals surface area contributed by atoms with Crippen LogP contribution < -0.4 is 0 Å². The van der Waals surface area contributed by atoms with Crippen LogP contribution in [0.1, 0.15) is 5.56 Å². The lowest BCUT2D eigenvalue weighted by Gasteiger charge is -1.87. The number of hydrogen-bond donors (Lipinski definition) is 0. The van der Waals surface area contributed by atoms with Gasteiger partial charge < -0.3 is 0 Å². The van der Waals surface area contributed by atoms with E-state index >= 15 is 0 Å². The van der Waals surface area contributed by atoms with E-state index in [-0.39, 0.29) is 0 Å². The molecule has 1 rings (SSSR count). The maximum atomic E-state index is 3.19. The third-order valence-corrected chi connectivity index (χ3v) is 1.58. The van der Waals surface area contributed by atoms with Crippen LogP contribution in [-0.4, -0.2) is 0 Å². The average Bonchev–Trinajstić information content (AvgIpc) is 2.07. The monoisotopic (exact) mass is 208 g/mol. The fourth-order valence-corrected chi connectivity index (χ4v) is 0.949. The second-order valence-electron chi connectivity index (χ2n) is 2.09. The van der Waals surface area contributed by atoms with E-state index in [1.165, 1.54) is 5.56 Å². The SMILES string of the molecule is Br/C=C/C=C/c1ccccc1. The highest BCUT2D eigenvalue weighted by Gasteiger charge is 1.78. The van der Waals surface area contributed by atoms with E-state index in [2.05, 4.69) is 34.1 Å². The zero-order valence-corrected chi connectivity index (χ0v) is 7.66. The van der Waals surface area contributed by atoms with Crippen molar-refractivity contribution in [2.45, 2.75) is 0 Å². The Labute approximate surface area is 75.4 Å². The van der Waals surface area contributed by atoms with Gasteiger partial charge in [0.25, 0.3) is 0 Å². The van der Waals surface area contributed by atoms with E-state index in [1.807, 2.05) is 35.3 Å². The summed E-state index contributed by atoms with van der Waals surface area (Å²) in [4.78, 5) is 1.83. The van der Waals surface area contributed by atoms with Gasteiger partial charge >= 0.3 is 0 Å². The number of hydrogen-bond acceptors (Lipinski definition) is 0. The van der Waals surface area contributed by atoms with Crippen molar-refractivity contribution in [2.24, 2.45) is 0 Å². The van der Waals surface area contributed by atoms with Crippen LogP contribution in [0.5, 0.6) is 0 Å². The molecule has 0 unspecified atom stereocenters. The fraction of sp³-hybridized carbons (Fsp3) is 0. The highest BCUT2D eigenvalue weighted by atomic mass is 79.9. The summed E-state index contributed by atoms with van der Waals surface area (Å²) in [5, 5.41) is 0. The molecule has 56 valence electrons. The average molecular weight is 209 g/mol. The van der Waals surface area contributed by atoms with Crippen LogP contribution in [-0.2, 0) is 0 Å². The normalized spacial score (nSPS) is 11.4. The standard InChI is InChI=1S/C10H9Br/c11-9-5-4-8-10-6-2-1-3-7-10/h1-9H/b8-4+,9-5+. The first kappa shape index (κ1) is 8.28. The van der Waals surface area contributed by atoms with Crippen molar-refractivity contribution in [1.29, 1.82) is 0 Å². The number of benzene rings is 1. The molecule has 0 bridgehead atoms. The molecule has 1 heteroatoms. The van der Waals surface area contributed by atoms with Crippen molar-refractivity contribution < 1.29 is 0 Å². The van der Waals surface area contributed by atoms with Crippen LogP contribution in [0, 0.1) is 0 Å². The molecule has 0 fully saturated rings. The molecule has 0 N–H and O–H groups in total. The summed E-state index contributed by atoms with van der Waals surface area (Å²) >= 11 is 3.19. The first-order valence-electron chi connectivity index (χ1n) is 3.42. The molecule has 0 heterocycles. The third kappa shape index (κ3) is 3.19. The van der Waals surface area contributed by atoms with Crippen LogP contribution in [0.4, 0.5) is 0 Å². The molecule has 1 aromatic rings. The van der Waals surface area contributed by atoms with E-state index in [9.17, 15) is 0 Å². The van der Waals surface area contributed by atoms with Crippen molar-refractivity contribution >= 4 is 22.0 Å². The number of halogens is 1. The highest BCUT2D eigenvalue weighted by molar-refractivity contribution is 9.11. The Bertz CT molecular complexity index is 247. The largest absolute Gasteiger partial charge is 0.0622 e. The van der Waals surface area contributed by atoms with Gasteiger partial charge in [-0.3, -0.25) is 0 Å². The Kier molecular flexibility index (Phi) is 3.70. The number of allylic oxidation sites excluding steroid dienone is 2. The second kappa shape index (κ2) is 4.91. The quantitative estimate of drug-likeness (QED) is 0.652. The van der Waals surface area contributed by atoms with Gasteiger partial charge in [0.05, 0.1) is 0 Å². The maximum absolute atomic E-state index is 3.19. The Balaban J connectivity index is 2.64. The van der Waals surface area contributed by atoms with Gasteiger partial charge in [-0.05, 0) is 10.5 Å². The van der Waals surface area contributed by atoms with Gasteiger partial charge in [0, 0.05) is 0 Å². The molecular weight excluding hydrogens is 200 g/mol. The highest BCUT2D eigenvalue weighted by Crippen LogP contribution is 2.00. The van der Waals surface area contributed by atoms with E-state index in [1.54, 1.807) is 0 Å². The van der Waals surface area contributed by atoms with E-state index in [0.717, 1.165) is 0 Å². The summed E-state index contributed by atoms with van der Waals surface area (Å²) in [5.41, 5.74) is 1.22. The molecule has 0 aliphatic carbocycles. The minimum atomic E-state index is 1.22. The Morgan fingerprint density at radius 3 is 2.36 bits per heavy atom. The lowest BCUT2D eigenvalue weighted by molar-refractivity contribution is 1.66. The van der Waals surface area contributed by atoms with Crippen molar-refractivity contribution in [3.63, 3.8) is 0 Å². The van der Waals surface area contributed by atoms with Crippen LogP contribution in [0.15, 0.2) is 47.5 Å². The predicted molar refractivity (Wildman–Crippen MR) is 53.5 cm³/mol. The molecule has 0 spiro atoms. The minimum absolute atomic E-state index is 1.22. The van der Waals surface area contributed by atoms with Crippen LogP contribution >= 0.6 is 15.9 Å². The molecule has 0 saturated heterocycles. The molecule has 0 aliphatic heterocycles. The number of rotatable bonds is 2. The Morgan fingerprint density at radius 1 is 1.00 bits per heavy atom. The summed E-state index contributed by atoms with van der Waals surface area (Å²) in [5.74, 6) is 0. The van der Waals surface area contributed by atoms with Gasteiger partial charge in [0.15, 0.2) is 0 Å². The van der Waals surface area contributed by atoms with Crippen molar-refractivity contribution in [3.05, 3.63) is 53.0 Å². The zero-order valence-electron chi connectivity index (χ0n) is 6.07. The molecule has 0 atom stereocenters. The second-order valence-corrected chi connectivity index (χ2v) is 2.62. The van der Waals surface area contributed by atoms with Crippen LogP contribution in [0.3, 0.4) is 0 Å². The molecule has 0 nitrogen and oxygen atoms in total. The molecule has 0 radical (unpaired) electrons. The lowest BCUT2D eigenvalue weighted by atomic mass is 10.2. The molecule has 0 saturated carbocycles. The summed E-state index contributed by atoms with van der Waals surface area (Å²) in [6.45, 7) is 0. The van der Waals surface area contributed by atoms with E-state index in [0.29, 0.717) is 0 Å². The van der Waals surface area contributed by atoms with E-state index in [4.69, 9.17) is 0 Å². The van der Waals surface area contributed by atoms with Gasteiger partial charge in [0.1, 0.15) is 0 Å². The minimum Gasteiger partial charge on any atom is -0.0622 e. The first-order chi connectivity index (χ1) is 5.43. The molecule has 0 aromatic heterocycles. The van der Waals surface area contributed by atoms with Crippen LogP contribution in [0.25, 0.3) is 6.08 Å². The fourth-order valence-electron chi connectivity index (χ4n) is 0.773. The van der Waals surface area contributed by atoms with E-state index < -0.39 is 0 Å². The predicted octanol–water partition coefficient (Wildman–Crippen LogP) is 3.61. The maximum Gasteiger partial charge on any atom is -0.0189 e. The van der Waals surface area contributed by atoms with Gasteiger partial charge in [-0.15, -0.1) is 0 Å². The summed E-state index contributed by atoms with van der Waals surface area (Å²) in [6, 6.07) is 10.2. The third-order valence-electron chi connectivity index (χ3n) is 1.27. The lowest BCUT2D eigenvalue weighted by Crippen LogP contribution is -1.65. The smallest absolute Gasteiger partial charge is 0.0189 e. The van der Waals surface area contributed by atoms with Gasteiger partial charge in [0.2, 0.25) is 0 Å². The molecular formula is C10H9Br. The summed E-state index contributed by atoms with van der Waals surface area (Å²) in [6.07, 6.45) is 5.98. The topological polar surface area (TPSA) is 0 Å². The van der Waals surface area contributed by atoms with Crippen molar-refractivity contribution in [2.75, 3.05) is 0 Å². The molecule has 1 aromatic carbocycles. The van der Waals surface area contributed by atoms with Gasteiger partial charge in [-0.25, -0.2) is 0 Å². The molecule has 0 aliphatic rings. The van der Waals surface area contributed by atoms with Gasteiger partial charge in [-0.1, -0.05) is 64.5 Å². The first-order valence-corrected chi connectivity index (χ1v) is 4.33. The van der Waals surface area contributed by atoms with Crippen LogP contribution in [0.2, 0.25) is 0 Å². The summed E-state index contributed by atoms with van der Waals surface area (Å²) in [7, 11) is 0. The van der Waals surface area contributed by atoms with Crippen molar-refractivity contribution in [1.82, 2.24) is 0 Å². The Hall–Kier alpha value is -0.820. The van der Waals surface area contributed by atoms with Crippen molar-refractivity contribution in [3.8, 4) is 0 Å². The summed E-state index contributed by atoms with van der Waals surface area (Å²) < 4.78 is 0. The molecule has 0 amide bonds. The van der Waals surface area contributed by atoms with Gasteiger partial charge in [-0.2, -0.15) is 0 Å². The zero-order chi connectivity index (χ0) is 7.94. The molecule has 11 heavy (non-hydrogen) atoms. The Morgan fingerprint density at radius 2 is 1.73 bits per heavy atom.